The molecule has 0 unspecified atom stereocenters. The smallest absolute Gasteiger partial charge is 0.132 e. The number of hydrogen-bond acceptors (Lipinski definition) is 3. The van der Waals surface area contributed by atoms with Gasteiger partial charge in [-0.25, -0.2) is 4.39 Å². The third kappa shape index (κ3) is 3.57. The molecule has 0 bridgehead atoms. The predicted molar refractivity (Wildman–Crippen MR) is 83.7 cm³/mol. The maximum absolute atomic E-state index is 14.1. The molecule has 2 aromatic rings. The summed E-state index contributed by atoms with van der Waals surface area (Å²) in [5.74, 6) is -0.156. The number of rotatable bonds is 6. The molecule has 0 aliphatic rings. The summed E-state index contributed by atoms with van der Waals surface area (Å²) >= 11 is 1.65. The maximum Gasteiger partial charge on any atom is 0.132 e. The zero-order valence-corrected chi connectivity index (χ0v) is 13.3. The predicted octanol–water partition coefficient (Wildman–Crippen LogP) is 4.46. The zero-order chi connectivity index (χ0) is 14.7. The molecule has 2 rings (SSSR count). The number of nitrogens with one attached hydrogen (secondary N) is 1. The summed E-state index contributed by atoms with van der Waals surface area (Å²) < 4.78 is 20.8. The van der Waals surface area contributed by atoms with Crippen molar-refractivity contribution < 1.29 is 9.13 Å². The molecule has 0 radical (unpaired) electrons. The molecule has 0 aliphatic heterocycles. The van der Waals surface area contributed by atoms with Crippen LogP contribution in [0.2, 0.25) is 0 Å². The Balaban J connectivity index is 2.38. The lowest BCUT2D eigenvalue weighted by Gasteiger charge is -2.11. The number of halogens is 1. The topological polar surface area (TPSA) is 21.3 Å². The minimum Gasteiger partial charge on any atom is -0.374 e. The Morgan fingerprint density at radius 2 is 2.00 bits per heavy atom. The van der Waals surface area contributed by atoms with Gasteiger partial charge in [0.15, 0.2) is 0 Å². The monoisotopic (exact) mass is 295 g/mol. The number of thiophene rings is 1. The fraction of sp³-hybridized carbons (Fsp3) is 0.500. The average molecular weight is 295 g/mol. The Labute approximate surface area is 124 Å². The van der Waals surface area contributed by atoms with E-state index in [1.165, 1.54) is 10.9 Å². The van der Waals surface area contributed by atoms with Gasteiger partial charge in [-0.2, -0.15) is 0 Å². The first kappa shape index (κ1) is 15.4. The highest BCUT2D eigenvalue weighted by atomic mass is 32.1. The molecule has 0 amide bonds. The van der Waals surface area contributed by atoms with Gasteiger partial charge < -0.3 is 10.1 Å². The van der Waals surface area contributed by atoms with Crippen LogP contribution in [0.1, 0.15) is 38.1 Å². The van der Waals surface area contributed by atoms with Gasteiger partial charge in [0.2, 0.25) is 0 Å². The zero-order valence-electron chi connectivity index (χ0n) is 12.5. The molecule has 4 heteroatoms. The van der Waals surface area contributed by atoms with E-state index < -0.39 is 0 Å². The highest BCUT2D eigenvalue weighted by Crippen LogP contribution is 2.34. The van der Waals surface area contributed by atoms with Crippen LogP contribution in [0.25, 0.3) is 10.1 Å². The Hall–Kier alpha value is -0.970. The molecule has 0 saturated heterocycles. The number of ether oxygens (including phenoxy) is 1. The lowest BCUT2D eigenvalue weighted by Crippen LogP contribution is -2.22. The SMILES string of the molecule is CC(C)NCc1sc2cccc(F)c2c1COC(C)C. The van der Waals surface area contributed by atoms with Crippen LogP contribution in [-0.4, -0.2) is 12.1 Å². The standard InChI is InChI=1S/C16H22FNOS/c1-10(2)18-8-15-12(9-19-11(3)4)16-13(17)6-5-7-14(16)20-15/h5-7,10-11,18H,8-9H2,1-4H3. The van der Waals surface area contributed by atoms with Gasteiger partial charge in [-0.1, -0.05) is 19.9 Å². The summed E-state index contributed by atoms with van der Waals surface area (Å²) in [6.45, 7) is 9.44. The molecule has 1 aromatic carbocycles. The summed E-state index contributed by atoms with van der Waals surface area (Å²) in [4.78, 5) is 1.17. The molecule has 0 spiro atoms. The van der Waals surface area contributed by atoms with Crippen LogP contribution in [0.4, 0.5) is 4.39 Å². The van der Waals surface area contributed by atoms with E-state index in [1.807, 2.05) is 19.9 Å². The van der Waals surface area contributed by atoms with Crippen LogP contribution >= 0.6 is 11.3 Å². The minimum atomic E-state index is -0.156. The van der Waals surface area contributed by atoms with E-state index >= 15 is 0 Å². The first-order valence-electron chi connectivity index (χ1n) is 7.02. The van der Waals surface area contributed by atoms with Gasteiger partial charge in [-0.3, -0.25) is 0 Å². The lowest BCUT2D eigenvalue weighted by molar-refractivity contribution is 0.0660. The molecular formula is C16H22FNOS. The van der Waals surface area contributed by atoms with Crippen molar-refractivity contribution in [2.75, 3.05) is 0 Å². The van der Waals surface area contributed by atoms with Gasteiger partial charge in [-0.05, 0) is 26.0 Å². The van der Waals surface area contributed by atoms with Crippen molar-refractivity contribution in [3.05, 3.63) is 34.5 Å². The van der Waals surface area contributed by atoms with E-state index in [1.54, 1.807) is 17.4 Å². The molecule has 0 fully saturated rings. The minimum absolute atomic E-state index is 0.141. The molecule has 0 atom stereocenters. The third-order valence-corrected chi connectivity index (χ3v) is 4.28. The van der Waals surface area contributed by atoms with Crippen molar-refractivity contribution in [3.63, 3.8) is 0 Å². The quantitative estimate of drug-likeness (QED) is 0.849. The molecule has 1 N–H and O–H groups in total. The second-order valence-electron chi connectivity index (χ2n) is 5.51. The highest BCUT2D eigenvalue weighted by Gasteiger charge is 2.16. The van der Waals surface area contributed by atoms with Crippen LogP contribution in [-0.2, 0) is 17.9 Å². The molecule has 0 saturated carbocycles. The van der Waals surface area contributed by atoms with Crippen LogP contribution in [0.15, 0.2) is 18.2 Å². The Kier molecular flexibility index (Phi) is 5.13. The second-order valence-corrected chi connectivity index (χ2v) is 6.65. The van der Waals surface area contributed by atoms with E-state index in [4.69, 9.17) is 4.74 Å². The number of benzene rings is 1. The normalized spacial score (nSPS) is 11.9. The van der Waals surface area contributed by atoms with Gasteiger partial charge in [0.25, 0.3) is 0 Å². The van der Waals surface area contributed by atoms with Crippen molar-refractivity contribution in [1.29, 1.82) is 0 Å². The van der Waals surface area contributed by atoms with E-state index in [2.05, 4.69) is 19.2 Å². The van der Waals surface area contributed by atoms with Crippen LogP contribution < -0.4 is 5.32 Å². The summed E-state index contributed by atoms with van der Waals surface area (Å²) in [6, 6.07) is 5.67. The molecule has 0 aliphatic carbocycles. The van der Waals surface area contributed by atoms with Crippen molar-refractivity contribution in [2.45, 2.75) is 53.0 Å². The largest absolute Gasteiger partial charge is 0.374 e. The van der Waals surface area contributed by atoms with Gasteiger partial charge in [0.05, 0.1) is 12.7 Å². The first-order valence-corrected chi connectivity index (χ1v) is 7.84. The van der Waals surface area contributed by atoms with Gasteiger partial charge >= 0.3 is 0 Å². The summed E-state index contributed by atoms with van der Waals surface area (Å²) in [7, 11) is 0. The number of hydrogen-bond donors (Lipinski definition) is 1. The second kappa shape index (κ2) is 6.66. The average Bonchev–Trinajstić information content (AvgIpc) is 2.73. The Morgan fingerprint density at radius 3 is 2.65 bits per heavy atom. The molecule has 2 nitrogen and oxygen atoms in total. The Morgan fingerprint density at radius 1 is 1.25 bits per heavy atom. The van der Waals surface area contributed by atoms with Crippen LogP contribution in [0.5, 0.6) is 0 Å². The van der Waals surface area contributed by atoms with Crippen molar-refractivity contribution >= 4 is 21.4 Å². The van der Waals surface area contributed by atoms with Crippen molar-refractivity contribution in [2.24, 2.45) is 0 Å². The van der Waals surface area contributed by atoms with E-state index in [9.17, 15) is 4.39 Å². The number of fused-ring (bicyclic) bond motifs is 1. The van der Waals surface area contributed by atoms with E-state index in [-0.39, 0.29) is 11.9 Å². The van der Waals surface area contributed by atoms with Gasteiger partial charge in [-0.15, -0.1) is 11.3 Å². The fourth-order valence-corrected chi connectivity index (χ4v) is 3.23. The molecular weight excluding hydrogens is 273 g/mol. The highest BCUT2D eigenvalue weighted by molar-refractivity contribution is 7.19. The molecule has 110 valence electrons. The van der Waals surface area contributed by atoms with Crippen molar-refractivity contribution in [3.8, 4) is 0 Å². The fourth-order valence-electron chi connectivity index (χ4n) is 2.06. The van der Waals surface area contributed by atoms with Crippen LogP contribution in [0.3, 0.4) is 0 Å². The maximum atomic E-state index is 14.1. The van der Waals surface area contributed by atoms with Gasteiger partial charge in [0, 0.05) is 33.1 Å². The first-order chi connectivity index (χ1) is 9.49. The summed E-state index contributed by atoms with van der Waals surface area (Å²) in [5.41, 5.74) is 0.991. The van der Waals surface area contributed by atoms with Crippen LogP contribution in [0, 0.1) is 5.82 Å². The van der Waals surface area contributed by atoms with Crippen molar-refractivity contribution in [1.82, 2.24) is 5.32 Å². The van der Waals surface area contributed by atoms with Gasteiger partial charge in [0.1, 0.15) is 5.82 Å². The Bertz CT molecular complexity index is 577. The molecule has 20 heavy (non-hydrogen) atoms. The summed E-state index contributed by atoms with van der Waals surface area (Å²) in [6.07, 6.45) is 0.141. The molecule has 1 heterocycles. The van der Waals surface area contributed by atoms with E-state index in [0.29, 0.717) is 12.6 Å². The third-order valence-electron chi connectivity index (χ3n) is 3.08. The summed E-state index contributed by atoms with van der Waals surface area (Å²) in [5, 5.41) is 4.12. The van der Waals surface area contributed by atoms with E-state index in [0.717, 1.165) is 22.2 Å². The lowest BCUT2D eigenvalue weighted by atomic mass is 10.1. The molecule has 1 aromatic heterocycles.